The number of ether oxygens (including phenoxy) is 2. The first-order valence-electron chi connectivity index (χ1n) is 13.1. The van der Waals surface area contributed by atoms with Crippen molar-refractivity contribution in [3.63, 3.8) is 0 Å². The molecule has 0 unspecified atom stereocenters. The molecule has 5 rings (SSSR count). The number of aromatic nitrogens is 4. The zero-order chi connectivity index (χ0) is 25.8. The van der Waals surface area contributed by atoms with E-state index in [2.05, 4.69) is 32.1 Å². The van der Waals surface area contributed by atoms with Gasteiger partial charge in [0.1, 0.15) is 17.9 Å². The molecule has 2 aliphatic rings. The van der Waals surface area contributed by atoms with Gasteiger partial charge in [0.15, 0.2) is 11.6 Å². The van der Waals surface area contributed by atoms with Gasteiger partial charge >= 0.3 is 0 Å². The Balaban J connectivity index is 1.49. The Hall–Kier alpha value is -3.37. The topological polar surface area (TPSA) is 106 Å². The molecule has 0 saturated carbocycles. The zero-order valence-electron chi connectivity index (χ0n) is 21.8. The van der Waals surface area contributed by atoms with Crippen LogP contribution in [0.15, 0.2) is 30.7 Å². The number of benzene rings is 1. The molecule has 1 N–H and O–H groups in total. The minimum Gasteiger partial charge on any atom is -0.491 e. The molecule has 2 aromatic heterocycles. The van der Waals surface area contributed by atoms with E-state index in [1.165, 1.54) is 0 Å². The Morgan fingerprint density at radius 3 is 2.78 bits per heavy atom. The molecular formula is C27H35N7O3. The molecule has 1 fully saturated rings. The number of amides is 1. The lowest BCUT2D eigenvalue weighted by Gasteiger charge is -2.38. The fourth-order valence-corrected chi connectivity index (χ4v) is 4.92. The Morgan fingerprint density at radius 1 is 1.14 bits per heavy atom. The van der Waals surface area contributed by atoms with Crippen molar-refractivity contribution in [3.05, 3.63) is 36.5 Å². The third kappa shape index (κ3) is 5.65. The van der Waals surface area contributed by atoms with Crippen LogP contribution in [0.4, 0.5) is 5.82 Å². The molecule has 10 heteroatoms. The van der Waals surface area contributed by atoms with E-state index in [0.29, 0.717) is 55.7 Å². The molecule has 2 aliphatic heterocycles. The van der Waals surface area contributed by atoms with Gasteiger partial charge in [0.2, 0.25) is 5.91 Å². The van der Waals surface area contributed by atoms with Crippen molar-refractivity contribution in [2.45, 2.75) is 51.3 Å². The third-order valence-electron chi connectivity index (χ3n) is 7.03. The first kappa shape index (κ1) is 25.3. The van der Waals surface area contributed by atoms with Gasteiger partial charge in [0, 0.05) is 56.3 Å². The Labute approximate surface area is 217 Å². The van der Waals surface area contributed by atoms with Crippen LogP contribution in [-0.4, -0.2) is 88.1 Å². The summed E-state index contributed by atoms with van der Waals surface area (Å²) < 4.78 is 11.9. The number of piperidine rings is 1. The van der Waals surface area contributed by atoms with E-state index in [1.54, 1.807) is 18.6 Å². The maximum absolute atomic E-state index is 13.2. The number of nitrogens with one attached hydrogen (secondary N) is 1. The van der Waals surface area contributed by atoms with Crippen LogP contribution in [0.5, 0.6) is 5.75 Å². The molecule has 3 aromatic rings. The van der Waals surface area contributed by atoms with E-state index in [4.69, 9.17) is 14.5 Å². The van der Waals surface area contributed by atoms with Crippen LogP contribution in [0.1, 0.15) is 38.4 Å². The van der Waals surface area contributed by atoms with Gasteiger partial charge in [-0.15, -0.1) is 0 Å². The number of carbonyl (C=O) groups excluding carboxylic acids is 1. The molecule has 1 saturated heterocycles. The molecular weight excluding hydrogens is 470 g/mol. The van der Waals surface area contributed by atoms with Crippen LogP contribution in [0, 0.1) is 0 Å². The van der Waals surface area contributed by atoms with Crippen LogP contribution in [0.3, 0.4) is 0 Å². The van der Waals surface area contributed by atoms with Crippen molar-refractivity contribution >= 4 is 22.8 Å². The number of fused-ring (bicyclic) bond motifs is 3. The van der Waals surface area contributed by atoms with Gasteiger partial charge in [0.25, 0.3) is 0 Å². The number of likely N-dealkylation sites (N-methyl/N-ethyl adjacent to an activating group) is 2. The standard InChI is InChI=1S/C27H35N7O3/c1-4-11-36-17-24-29-14-18(15-30-24)20-6-7-21-25-26(20)37-12-5-9-34(3)27(35)22-13-19(8-10-33(22)2)31-23(32-25)16-28-21/h6-7,14-16,19,22H,4-5,8-13,17H2,1-3H3,(H,31,32)/t19-,22-/m0/s1. The largest absolute Gasteiger partial charge is 0.491 e. The van der Waals surface area contributed by atoms with Gasteiger partial charge in [-0.2, -0.15) is 0 Å². The van der Waals surface area contributed by atoms with Gasteiger partial charge in [-0.25, -0.2) is 15.0 Å². The van der Waals surface area contributed by atoms with Crippen LogP contribution >= 0.6 is 0 Å². The van der Waals surface area contributed by atoms with Crippen molar-refractivity contribution in [1.29, 1.82) is 0 Å². The minimum atomic E-state index is -0.147. The summed E-state index contributed by atoms with van der Waals surface area (Å²) in [5.41, 5.74) is 3.15. The number of hydrogen-bond acceptors (Lipinski definition) is 9. The number of carbonyl (C=O) groups is 1. The normalized spacial score (nSPS) is 20.9. The van der Waals surface area contributed by atoms with Crippen molar-refractivity contribution in [1.82, 2.24) is 29.7 Å². The average molecular weight is 506 g/mol. The molecule has 4 heterocycles. The summed E-state index contributed by atoms with van der Waals surface area (Å²) in [5, 5.41) is 3.53. The summed E-state index contributed by atoms with van der Waals surface area (Å²) >= 11 is 0. The summed E-state index contributed by atoms with van der Waals surface area (Å²) in [6, 6.07) is 3.92. The number of nitrogens with zero attached hydrogens (tertiary/aromatic N) is 6. The quantitative estimate of drug-likeness (QED) is 0.524. The molecule has 10 nitrogen and oxygen atoms in total. The van der Waals surface area contributed by atoms with Crippen molar-refractivity contribution in [2.75, 3.05) is 45.7 Å². The predicted molar refractivity (Wildman–Crippen MR) is 141 cm³/mol. The molecule has 196 valence electrons. The highest BCUT2D eigenvalue weighted by atomic mass is 16.5. The third-order valence-corrected chi connectivity index (χ3v) is 7.03. The van der Waals surface area contributed by atoms with E-state index < -0.39 is 0 Å². The summed E-state index contributed by atoms with van der Waals surface area (Å²) in [6.07, 6.45) is 8.67. The average Bonchev–Trinajstić information content (AvgIpc) is 2.91. The van der Waals surface area contributed by atoms with Gasteiger partial charge < -0.3 is 19.7 Å². The van der Waals surface area contributed by atoms with Crippen LogP contribution in [0.2, 0.25) is 0 Å². The van der Waals surface area contributed by atoms with Crippen molar-refractivity contribution in [3.8, 4) is 16.9 Å². The minimum absolute atomic E-state index is 0.136. The lowest BCUT2D eigenvalue weighted by atomic mass is 9.96. The number of hydrogen-bond donors (Lipinski definition) is 1. The SMILES string of the molecule is CCCOCc1ncc(-c2ccc3ncc4nc3c2OCCCN(C)C(=O)[C@@H]2C[C@H](CCN2C)N4)cn1. The lowest BCUT2D eigenvalue weighted by Crippen LogP contribution is -2.52. The highest BCUT2D eigenvalue weighted by molar-refractivity contribution is 5.90. The fourth-order valence-electron chi connectivity index (χ4n) is 4.92. The van der Waals surface area contributed by atoms with E-state index >= 15 is 0 Å². The molecule has 1 amide bonds. The number of anilines is 1. The zero-order valence-corrected chi connectivity index (χ0v) is 21.8. The van der Waals surface area contributed by atoms with Crippen LogP contribution in [-0.2, 0) is 16.1 Å². The second kappa shape index (κ2) is 11.4. The molecule has 1 aromatic carbocycles. The highest BCUT2D eigenvalue weighted by Gasteiger charge is 2.33. The van der Waals surface area contributed by atoms with Gasteiger partial charge in [-0.05, 0) is 44.9 Å². The Bertz CT molecular complexity index is 1240. The van der Waals surface area contributed by atoms with Crippen molar-refractivity contribution in [2.24, 2.45) is 0 Å². The van der Waals surface area contributed by atoms with E-state index in [0.717, 1.165) is 42.5 Å². The molecule has 4 bridgehead atoms. The predicted octanol–water partition coefficient (Wildman–Crippen LogP) is 3.13. The summed E-state index contributed by atoms with van der Waals surface area (Å²) in [4.78, 5) is 35.7. The lowest BCUT2D eigenvalue weighted by molar-refractivity contribution is -0.136. The maximum Gasteiger partial charge on any atom is 0.239 e. The van der Waals surface area contributed by atoms with Crippen LogP contribution < -0.4 is 10.1 Å². The maximum atomic E-state index is 13.2. The summed E-state index contributed by atoms with van der Waals surface area (Å²) in [5.74, 6) is 2.12. The molecule has 2 atom stereocenters. The van der Waals surface area contributed by atoms with Gasteiger partial charge in [-0.1, -0.05) is 6.92 Å². The first-order valence-corrected chi connectivity index (χ1v) is 13.1. The van der Waals surface area contributed by atoms with E-state index in [-0.39, 0.29) is 18.0 Å². The monoisotopic (exact) mass is 505 g/mol. The smallest absolute Gasteiger partial charge is 0.239 e. The van der Waals surface area contributed by atoms with Crippen LogP contribution in [0.25, 0.3) is 22.2 Å². The van der Waals surface area contributed by atoms with Crippen molar-refractivity contribution < 1.29 is 14.3 Å². The molecule has 0 spiro atoms. The van der Waals surface area contributed by atoms with E-state index in [9.17, 15) is 4.79 Å². The molecule has 37 heavy (non-hydrogen) atoms. The van der Waals surface area contributed by atoms with E-state index in [1.807, 2.05) is 31.1 Å². The number of rotatable bonds is 5. The fraction of sp³-hybridized carbons (Fsp3) is 0.519. The molecule has 0 radical (unpaired) electrons. The summed E-state index contributed by atoms with van der Waals surface area (Å²) in [7, 11) is 3.90. The highest BCUT2D eigenvalue weighted by Crippen LogP contribution is 2.36. The van der Waals surface area contributed by atoms with Gasteiger partial charge in [0.05, 0.1) is 24.4 Å². The Morgan fingerprint density at radius 2 is 1.97 bits per heavy atom. The van der Waals surface area contributed by atoms with Gasteiger partial charge in [-0.3, -0.25) is 14.7 Å². The summed E-state index contributed by atoms with van der Waals surface area (Å²) in [6.45, 7) is 5.05. The number of likely N-dealkylation sites (tertiary alicyclic amines) is 1. The second-order valence-corrected chi connectivity index (χ2v) is 9.83. The second-order valence-electron chi connectivity index (χ2n) is 9.83. The molecule has 0 aliphatic carbocycles. The Kier molecular flexibility index (Phi) is 7.76. The first-order chi connectivity index (χ1) is 18.0.